The molecule has 5 aliphatic rings. The van der Waals surface area contributed by atoms with E-state index >= 15 is 0 Å². The van der Waals surface area contributed by atoms with Crippen molar-refractivity contribution in [1.82, 2.24) is 0 Å². The summed E-state index contributed by atoms with van der Waals surface area (Å²) in [7, 11) is 1.51. The van der Waals surface area contributed by atoms with E-state index in [1.165, 1.54) is 58.5 Å². The molecule has 4 saturated carbocycles. The van der Waals surface area contributed by atoms with Crippen LogP contribution in [0.15, 0.2) is 0 Å². The molecule has 2 bridgehead atoms. The monoisotopic (exact) mass is 480 g/mol. The van der Waals surface area contributed by atoms with Crippen LogP contribution in [0.3, 0.4) is 0 Å². The van der Waals surface area contributed by atoms with Crippen molar-refractivity contribution in [1.29, 1.82) is 0 Å². The van der Waals surface area contributed by atoms with E-state index in [0.29, 0.717) is 29.3 Å². The van der Waals surface area contributed by atoms with E-state index in [0.717, 1.165) is 42.6 Å². The lowest BCUT2D eigenvalue weighted by atomic mass is 9.44. The van der Waals surface area contributed by atoms with Crippen molar-refractivity contribution in [3.8, 4) is 0 Å². The zero-order valence-electron chi connectivity index (χ0n) is 19.4. The van der Waals surface area contributed by atoms with Crippen LogP contribution >= 0.6 is 15.9 Å². The van der Waals surface area contributed by atoms with Crippen LogP contribution in [0.2, 0.25) is 0 Å². The van der Waals surface area contributed by atoms with Crippen molar-refractivity contribution in [2.45, 2.75) is 95.4 Å². The summed E-state index contributed by atoms with van der Waals surface area (Å²) in [5, 5.41) is 0. The van der Waals surface area contributed by atoms with Gasteiger partial charge in [0.05, 0.1) is 24.1 Å². The Labute approximate surface area is 191 Å². The van der Waals surface area contributed by atoms with Gasteiger partial charge < -0.3 is 9.47 Å². The van der Waals surface area contributed by atoms with E-state index in [1.54, 1.807) is 0 Å². The highest BCUT2D eigenvalue weighted by molar-refractivity contribution is 9.10. The summed E-state index contributed by atoms with van der Waals surface area (Å²) in [6.45, 7) is 8.45. The second-order valence-corrected chi connectivity index (χ2v) is 13.5. The molecule has 1 heterocycles. The number of methoxy groups -OCH3 is 1. The largest absolute Gasteiger partial charge is 0.469 e. The molecule has 4 heteroatoms. The molecule has 1 saturated heterocycles. The number of hydrogen-bond donors (Lipinski definition) is 0. The molecular formula is C26H41BrO3. The first-order chi connectivity index (χ1) is 14.2. The zero-order chi connectivity index (χ0) is 21.3. The molecule has 0 spiro atoms. The number of carbonyl (C=O) groups excluding carboxylic acids is 1. The average molecular weight is 482 g/mol. The van der Waals surface area contributed by atoms with Crippen LogP contribution in [0.4, 0.5) is 0 Å². The molecule has 1 aliphatic heterocycles. The van der Waals surface area contributed by atoms with E-state index in [4.69, 9.17) is 9.47 Å². The maximum atomic E-state index is 11.7. The van der Waals surface area contributed by atoms with Gasteiger partial charge in [0.2, 0.25) is 0 Å². The molecule has 10 atom stereocenters. The predicted molar refractivity (Wildman–Crippen MR) is 122 cm³/mol. The zero-order valence-corrected chi connectivity index (χ0v) is 21.0. The van der Waals surface area contributed by atoms with Gasteiger partial charge in [0.15, 0.2) is 0 Å². The van der Waals surface area contributed by atoms with Crippen molar-refractivity contribution in [3.63, 3.8) is 0 Å². The van der Waals surface area contributed by atoms with Gasteiger partial charge in [0.1, 0.15) is 0 Å². The number of carbonyl (C=O) groups is 1. The maximum Gasteiger partial charge on any atom is 0.305 e. The van der Waals surface area contributed by atoms with Gasteiger partial charge in [0, 0.05) is 11.8 Å². The third-order valence-electron chi connectivity index (χ3n) is 11.0. The van der Waals surface area contributed by atoms with E-state index < -0.39 is 0 Å². The van der Waals surface area contributed by atoms with E-state index in [1.807, 2.05) is 0 Å². The van der Waals surface area contributed by atoms with Crippen molar-refractivity contribution < 1.29 is 14.3 Å². The Balaban J connectivity index is 1.37. The van der Waals surface area contributed by atoms with Crippen LogP contribution in [0.25, 0.3) is 0 Å². The van der Waals surface area contributed by atoms with Gasteiger partial charge in [-0.05, 0) is 98.7 Å². The summed E-state index contributed by atoms with van der Waals surface area (Å²) >= 11 is 4.35. The highest BCUT2D eigenvalue weighted by Gasteiger charge is 2.71. The highest BCUT2D eigenvalue weighted by Crippen LogP contribution is 2.73. The van der Waals surface area contributed by atoms with Crippen LogP contribution in [-0.2, 0) is 14.3 Å². The molecule has 4 aliphatic carbocycles. The molecule has 5 fully saturated rings. The van der Waals surface area contributed by atoms with Gasteiger partial charge in [-0.3, -0.25) is 4.79 Å². The molecule has 3 nitrogen and oxygen atoms in total. The minimum Gasteiger partial charge on any atom is -0.469 e. The van der Waals surface area contributed by atoms with Crippen LogP contribution in [-0.4, -0.2) is 30.1 Å². The molecule has 0 aromatic rings. The Morgan fingerprint density at radius 3 is 2.77 bits per heavy atom. The Bertz CT molecular complexity index is 696. The number of hydrogen-bond acceptors (Lipinski definition) is 3. The van der Waals surface area contributed by atoms with Crippen molar-refractivity contribution in [2.24, 2.45) is 46.3 Å². The molecule has 0 aromatic heterocycles. The number of rotatable bonds is 4. The molecule has 5 rings (SSSR count). The lowest BCUT2D eigenvalue weighted by molar-refractivity contribution is -0.141. The lowest BCUT2D eigenvalue weighted by Crippen LogP contribution is -2.62. The molecule has 0 N–H and O–H groups in total. The summed E-state index contributed by atoms with van der Waals surface area (Å²) in [4.78, 5) is 11.7. The van der Waals surface area contributed by atoms with E-state index in [9.17, 15) is 4.79 Å². The second kappa shape index (κ2) is 7.47. The van der Waals surface area contributed by atoms with Crippen LogP contribution in [0, 0.1) is 46.3 Å². The third kappa shape index (κ3) is 2.87. The van der Waals surface area contributed by atoms with Crippen LogP contribution < -0.4 is 0 Å². The second-order valence-electron chi connectivity index (χ2n) is 12.1. The topological polar surface area (TPSA) is 35.5 Å². The van der Waals surface area contributed by atoms with Gasteiger partial charge in [-0.25, -0.2) is 0 Å². The Kier molecular flexibility index (Phi) is 5.41. The average Bonchev–Trinajstić information content (AvgIpc) is 3.14. The fraction of sp³-hybridized carbons (Fsp3) is 0.962. The SMILES string of the molecule is COC(=O)CC[C@@H](C)[C@H]1CC[C@H]2[C@@H]3C[C@H]4OC[C@@]5(CC[C@H](C)C[C@]45Br)C3CC[C@]12C. The standard InChI is InChI=1S/C26H41BrO3/c1-16-9-12-25-15-30-22(26(25,27)14-16)13-18-20-7-6-19(17(2)5-8-23(28)29-4)24(20,3)11-10-21(18)25/h16-22H,5-15H2,1-4H3/t16-,17+,18-,19+,20-,21?,22+,24+,25-,26-/m0/s1. The molecule has 30 heavy (non-hydrogen) atoms. The van der Waals surface area contributed by atoms with Gasteiger partial charge >= 0.3 is 5.97 Å². The number of ether oxygens (including phenoxy) is 2. The van der Waals surface area contributed by atoms with Crippen molar-refractivity contribution in [3.05, 3.63) is 0 Å². The first-order valence-corrected chi connectivity index (χ1v) is 13.4. The minimum atomic E-state index is -0.0504. The van der Waals surface area contributed by atoms with Crippen LogP contribution in [0.1, 0.15) is 85.0 Å². The smallest absolute Gasteiger partial charge is 0.305 e. The molecule has 0 aromatic carbocycles. The Morgan fingerprint density at radius 1 is 1.20 bits per heavy atom. The number of alkyl halides is 1. The van der Waals surface area contributed by atoms with Gasteiger partial charge in [-0.15, -0.1) is 0 Å². The maximum absolute atomic E-state index is 11.7. The lowest BCUT2D eigenvalue weighted by Gasteiger charge is -2.63. The molecule has 1 unspecified atom stereocenters. The fourth-order valence-electron chi connectivity index (χ4n) is 9.58. The Hall–Kier alpha value is -0.0900. The summed E-state index contributed by atoms with van der Waals surface area (Å²) in [6.07, 6.45) is 12.8. The molecule has 0 radical (unpaired) electrons. The molecule has 0 amide bonds. The van der Waals surface area contributed by atoms with Gasteiger partial charge in [-0.2, -0.15) is 0 Å². The normalized spacial score (nSPS) is 52.8. The first kappa shape index (κ1) is 21.7. The van der Waals surface area contributed by atoms with Gasteiger partial charge in [0.25, 0.3) is 0 Å². The molecular weight excluding hydrogens is 440 g/mol. The van der Waals surface area contributed by atoms with Gasteiger partial charge in [-0.1, -0.05) is 36.7 Å². The minimum absolute atomic E-state index is 0.0504. The van der Waals surface area contributed by atoms with Crippen LogP contribution in [0.5, 0.6) is 0 Å². The summed E-state index contributed by atoms with van der Waals surface area (Å²) in [5.74, 6) is 4.66. The third-order valence-corrected chi connectivity index (χ3v) is 12.7. The Morgan fingerprint density at radius 2 is 2.00 bits per heavy atom. The fourth-order valence-corrected chi connectivity index (χ4v) is 11.1. The van der Waals surface area contributed by atoms with E-state index in [-0.39, 0.29) is 10.3 Å². The predicted octanol–water partition coefficient (Wildman–Crippen LogP) is 6.38. The quantitative estimate of drug-likeness (QED) is 0.345. The molecule has 170 valence electrons. The summed E-state index contributed by atoms with van der Waals surface area (Å²) in [5.41, 5.74) is 0.823. The number of fused-ring (bicyclic) bond motifs is 3. The highest BCUT2D eigenvalue weighted by atomic mass is 79.9. The van der Waals surface area contributed by atoms with Crippen molar-refractivity contribution in [2.75, 3.05) is 13.7 Å². The number of halogens is 1. The van der Waals surface area contributed by atoms with E-state index in [2.05, 4.69) is 36.7 Å². The summed E-state index contributed by atoms with van der Waals surface area (Å²) in [6, 6.07) is 0. The summed E-state index contributed by atoms with van der Waals surface area (Å²) < 4.78 is 11.7. The first-order valence-electron chi connectivity index (χ1n) is 12.6. The number of esters is 1. The van der Waals surface area contributed by atoms with Crippen molar-refractivity contribution >= 4 is 21.9 Å².